The Hall–Kier alpha value is 0.627. The molecule has 0 radical (unpaired) electrons. The zero-order chi connectivity index (χ0) is 9.42. The number of aryl methyl sites for hydroxylation is 1. The van der Waals surface area contributed by atoms with E-state index < -0.39 is 0 Å². The van der Waals surface area contributed by atoms with Crippen LogP contribution in [0, 0.1) is 0 Å². The SMILES string of the molecule is Clc1ccc2c(c1)CC[C@@H]([AsH2])[C@@H]2[AsH2]. The van der Waals surface area contributed by atoms with Crippen LogP contribution in [0.1, 0.15) is 22.3 Å². The Labute approximate surface area is 101 Å². The van der Waals surface area contributed by atoms with Crippen molar-refractivity contribution in [2.75, 3.05) is 0 Å². The molecule has 0 aromatic heterocycles. The molecule has 0 N–H and O–H groups in total. The van der Waals surface area contributed by atoms with Crippen molar-refractivity contribution in [2.45, 2.75) is 22.3 Å². The maximum atomic E-state index is 5.97. The Bertz CT molecular complexity index is 325. The molecule has 4 atom stereocenters. The molecular weight excluding hydrogens is 305 g/mol. The number of fused-ring (bicyclic) bond motifs is 1. The van der Waals surface area contributed by atoms with Crippen LogP contribution in [0.2, 0.25) is 9.73 Å². The number of hydrogen-bond donors (Lipinski definition) is 0. The van der Waals surface area contributed by atoms with E-state index in [0.717, 1.165) is 14.4 Å². The van der Waals surface area contributed by atoms with Gasteiger partial charge in [-0.1, -0.05) is 0 Å². The van der Waals surface area contributed by atoms with Gasteiger partial charge in [-0.2, -0.15) is 0 Å². The van der Waals surface area contributed by atoms with Gasteiger partial charge in [0.15, 0.2) is 0 Å². The molecule has 70 valence electrons. The van der Waals surface area contributed by atoms with Crippen molar-refractivity contribution in [3.8, 4) is 0 Å². The fraction of sp³-hybridized carbons (Fsp3) is 0.400. The monoisotopic (exact) mass is 318 g/mol. The van der Waals surface area contributed by atoms with E-state index in [4.69, 9.17) is 11.6 Å². The first kappa shape index (κ1) is 10.2. The molecular formula is C10H13As2Cl. The fourth-order valence-corrected chi connectivity index (χ4v) is 3.91. The summed E-state index contributed by atoms with van der Waals surface area (Å²) in [5.74, 6) is 0. The molecule has 0 spiro atoms. The van der Waals surface area contributed by atoms with E-state index in [0.29, 0.717) is 0 Å². The zero-order valence-corrected chi connectivity index (χ0v) is 12.9. The van der Waals surface area contributed by atoms with Crippen LogP contribution in [0.4, 0.5) is 0 Å². The summed E-state index contributed by atoms with van der Waals surface area (Å²) in [4.78, 5) is 0. The predicted molar refractivity (Wildman–Crippen MR) is 63.4 cm³/mol. The molecule has 2 rings (SSSR count). The summed E-state index contributed by atoms with van der Waals surface area (Å²) in [6, 6.07) is 6.39. The Morgan fingerprint density at radius 1 is 1.31 bits per heavy atom. The predicted octanol–water partition coefficient (Wildman–Crippen LogP) is 1.38. The summed E-state index contributed by atoms with van der Waals surface area (Å²) in [7, 11) is 0. The van der Waals surface area contributed by atoms with E-state index in [1.165, 1.54) is 18.4 Å². The van der Waals surface area contributed by atoms with Crippen molar-refractivity contribution >= 4 is 45.3 Å². The van der Waals surface area contributed by atoms with Gasteiger partial charge in [-0.25, -0.2) is 0 Å². The third-order valence-electron chi connectivity index (χ3n) is 2.67. The maximum absolute atomic E-state index is 5.97. The fourth-order valence-electron chi connectivity index (χ4n) is 1.85. The molecule has 1 aromatic carbocycles. The molecule has 13 heavy (non-hydrogen) atoms. The van der Waals surface area contributed by atoms with Gasteiger partial charge in [0.05, 0.1) is 0 Å². The molecule has 0 heterocycles. The molecule has 1 aliphatic carbocycles. The van der Waals surface area contributed by atoms with Gasteiger partial charge < -0.3 is 0 Å². The van der Waals surface area contributed by atoms with Crippen LogP contribution in [0.25, 0.3) is 0 Å². The molecule has 2 unspecified atom stereocenters. The van der Waals surface area contributed by atoms with E-state index in [9.17, 15) is 0 Å². The topological polar surface area (TPSA) is 0 Å². The molecule has 3 heteroatoms. The van der Waals surface area contributed by atoms with Gasteiger partial charge in [-0.3, -0.25) is 0 Å². The first-order chi connectivity index (χ1) is 6.18. The van der Waals surface area contributed by atoms with E-state index in [1.54, 1.807) is 5.56 Å². The van der Waals surface area contributed by atoms with E-state index in [1.807, 2.05) is 39.8 Å². The Kier molecular flexibility index (Phi) is 3.13. The zero-order valence-electron chi connectivity index (χ0n) is 7.33. The molecule has 0 fully saturated rings. The van der Waals surface area contributed by atoms with Crippen LogP contribution in [-0.4, -0.2) is 33.7 Å². The first-order valence-corrected chi connectivity index (χ1v) is 7.65. The summed E-state index contributed by atoms with van der Waals surface area (Å²) in [5.41, 5.74) is 3.03. The normalized spacial score (nSPS) is 27.0. The van der Waals surface area contributed by atoms with Gasteiger partial charge in [0, 0.05) is 0 Å². The van der Waals surface area contributed by atoms with Gasteiger partial charge in [0.2, 0.25) is 0 Å². The van der Waals surface area contributed by atoms with Crippen molar-refractivity contribution in [3.05, 3.63) is 34.3 Å². The molecule has 0 bridgehead atoms. The number of hydrogen-bond acceptors (Lipinski definition) is 0. The van der Waals surface area contributed by atoms with Crippen molar-refractivity contribution in [2.24, 2.45) is 0 Å². The van der Waals surface area contributed by atoms with Gasteiger partial charge >= 0.3 is 102 Å². The Morgan fingerprint density at radius 3 is 2.85 bits per heavy atom. The first-order valence-electron chi connectivity index (χ1n) is 4.48. The summed E-state index contributed by atoms with van der Waals surface area (Å²) in [6.07, 6.45) is 2.56. The van der Waals surface area contributed by atoms with Crippen molar-refractivity contribution in [1.82, 2.24) is 0 Å². The van der Waals surface area contributed by atoms with Crippen molar-refractivity contribution in [3.63, 3.8) is 0 Å². The minimum atomic E-state index is 0.786. The quantitative estimate of drug-likeness (QED) is 0.634. The minimum absolute atomic E-state index is 0.786. The van der Waals surface area contributed by atoms with Crippen LogP contribution in [0.15, 0.2) is 18.2 Å². The third-order valence-corrected chi connectivity index (χ3v) is 8.22. The van der Waals surface area contributed by atoms with Crippen LogP contribution in [0.3, 0.4) is 0 Å². The Balaban J connectivity index is 2.44. The van der Waals surface area contributed by atoms with Gasteiger partial charge in [0.1, 0.15) is 0 Å². The van der Waals surface area contributed by atoms with E-state index in [2.05, 4.69) is 12.1 Å². The number of halogens is 1. The van der Waals surface area contributed by atoms with Crippen LogP contribution < -0.4 is 0 Å². The number of rotatable bonds is 0. The molecule has 1 aromatic rings. The number of benzene rings is 1. The summed E-state index contributed by atoms with van der Waals surface area (Å²) in [5, 5.41) is 0.888. The second-order valence-corrected chi connectivity index (χ2v) is 7.31. The molecule has 0 saturated carbocycles. The summed E-state index contributed by atoms with van der Waals surface area (Å²) >= 11 is 9.72. The average Bonchev–Trinajstić information content (AvgIpc) is 2.12. The van der Waals surface area contributed by atoms with Crippen LogP contribution in [-0.2, 0) is 6.42 Å². The molecule has 0 amide bonds. The van der Waals surface area contributed by atoms with Crippen molar-refractivity contribution in [1.29, 1.82) is 0 Å². The Morgan fingerprint density at radius 2 is 2.08 bits per heavy atom. The van der Waals surface area contributed by atoms with Crippen LogP contribution >= 0.6 is 11.6 Å². The van der Waals surface area contributed by atoms with Crippen molar-refractivity contribution < 1.29 is 0 Å². The van der Waals surface area contributed by atoms with Crippen LogP contribution in [0.5, 0.6) is 0 Å². The van der Waals surface area contributed by atoms with Gasteiger partial charge in [-0.15, -0.1) is 0 Å². The second kappa shape index (κ2) is 4.01. The van der Waals surface area contributed by atoms with Gasteiger partial charge in [0.25, 0.3) is 0 Å². The van der Waals surface area contributed by atoms with Gasteiger partial charge in [-0.05, 0) is 0 Å². The standard InChI is InChI=1S/C10H13As2Cl/c11-9-4-1-6-5-7(13)2-3-8(6)10(9)12/h2-3,5,9-10H,1,4,11-12H2/t9-,10-/m1/s1. The molecule has 1 aliphatic rings. The summed E-state index contributed by atoms with van der Waals surface area (Å²) in [6.45, 7) is 0. The van der Waals surface area contributed by atoms with E-state index >= 15 is 0 Å². The third kappa shape index (κ3) is 2.01. The second-order valence-electron chi connectivity index (χ2n) is 3.57. The van der Waals surface area contributed by atoms with E-state index in [-0.39, 0.29) is 0 Å². The molecule has 0 saturated heterocycles. The average molecular weight is 319 g/mol. The summed E-state index contributed by atoms with van der Waals surface area (Å²) < 4.78 is 1.69. The molecule has 0 aliphatic heterocycles. The molecule has 0 nitrogen and oxygen atoms in total.